The molecule has 2 N–H and O–H groups in total. The number of likely N-dealkylation sites (N-methyl/N-ethyl adjacent to an activating group) is 1. The number of nitrogens with zero attached hydrogens (tertiary/aromatic N) is 1. The molecule has 9 heteroatoms. The van der Waals surface area contributed by atoms with Crippen LogP contribution in [-0.2, 0) is 18.4 Å². The van der Waals surface area contributed by atoms with Crippen LogP contribution in [0.4, 0.5) is 0 Å². The molecule has 0 aliphatic heterocycles. The van der Waals surface area contributed by atoms with Gasteiger partial charge in [0, 0.05) is 6.42 Å². The fourth-order valence-corrected chi connectivity index (χ4v) is 8.66. The van der Waals surface area contributed by atoms with Gasteiger partial charge >= 0.3 is 0 Å². The number of aliphatic hydroxyl groups excluding tert-OH is 1. The number of carbonyl (C=O) groups excluding carboxylic acids is 1. The normalized spacial score (nSPS) is 14.2. The van der Waals surface area contributed by atoms with Crippen molar-refractivity contribution in [3.05, 3.63) is 24.3 Å². The van der Waals surface area contributed by atoms with Crippen molar-refractivity contribution in [2.24, 2.45) is 0 Å². The van der Waals surface area contributed by atoms with E-state index in [0.717, 1.165) is 38.5 Å². The van der Waals surface area contributed by atoms with Gasteiger partial charge in [-0.05, 0) is 32.1 Å². The molecule has 0 fully saturated rings. The monoisotopic (exact) mass is 897 g/mol. The number of nitrogens with one attached hydrogen (secondary N) is 1. The minimum Gasteiger partial charge on any atom is -0.756 e. The number of phosphoric ester groups is 1. The number of carbonyl (C=O) groups is 1. The SMILES string of the molecule is CCCCCC/C=C/CC/C=C/C(O)C(COP(=O)([O-])OCC[N+](C)(C)C)NC(=O)CCCCCCCCCCCCCCCCCCCCCCCCCCCCCCCC. The van der Waals surface area contributed by atoms with Crippen LogP contribution in [0.3, 0.4) is 0 Å². The zero-order valence-corrected chi connectivity index (χ0v) is 42.7. The maximum Gasteiger partial charge on any atom is 0.268 e. The molecule has 0 saturated heterocycles. The van der Waals surface area contributed by atoms with E-state index in [1.54, 1.807) is 6.08 Å². The van der Waals surface area contributed by atoms with Gasteiger partial charge in [0.2, 0.25) is 5.91 Å². The molecule has 0 aromatic heterocycles. The van der Waals surface area contributed by atoms with Gasteiger partial charge in [0.15, 0.2) is 0 Å². The highest BCUT2D eigenvalue weighted by Crippen LogP contribution is 2.38. The van der Waals surface area contributed by atoms with Crippen LogP contribution in [0.15, 0.2) is 24.3 Å². The van der Waals surface area contributed by atoms with E-state index in [2.05, 4.69) is 31.3 Å². The Hall–Kier alpha value is -1.02. The van der Waals surface area contributed by atoms with Crippen LogP contribution in [0, 0.1) is 0 Å². The van der Waals surface area contributed by atoms with Crippen molar-refractivity contribution >= 4 is 13.7 Å². The molecule has 3 atom stereocenters. The van der Waals surface area contributed by atoms with Crippen LogP contribution in [-0.4, -0.2) is 68.5 Å². The maximum atomic E-state index is 12.9. The highest BCUT2D eigenvalue weighted by molar-refractivity contribution is 7.45. The Labute approximate surface area is 385 Å². The fourth-order valence-electron chi connectivity index (χ4n) is 7.94. The van der Waals surface area contributed by atoms with Crippen LogP contribution >= 0.6 is 7.82 Å². The molecule has 0 aliphatic rings. The summed E-state index contributed by atoms with van der Waals surface area (Å²) in [7, 11) is 1.25. The summed E-state index contributed by atoms with van der Waals surface area (Å²) >= 11 is 0. The van der Waals surface area contributed by atoms with Crippen molar-refractivity contribution in [3.8, 4) is 0 Å². The van der Waals surface area contributed by atoms with E-state index in [9.17, 15) is 19.4 Å². The molecule has 0 saturated carbocycles. The van der Waals surface area contributed by atoms with Gasteiger partial charge in [0.25, 0.3) is 7.82 Å². The third kappa shape index (κ3) is 47.0. The summed E-state index contributed by atoms with van der Waals surface area (Å²) in [6, 6.07) is -0.898. The second-order valence-electron chi connectivity index (χ2n) is 19.6. The number of quaternary nitrogens is 1. The van der Waals surface area contributed by atoms with Crippen molar-refractivity contribution in [2.75, 3.05) is 40.9 Å². The van der Waals surface area contributed by atoms with Crippen molar-refractivity contribution in [1.29, 1.82) is 0 Å². The molecule has 0 aromatic carbocycles. The van der Waals surface area contributed by atoms with Crippen molar-refractivity contribution in [3.63, 3.8) is 0 Å². The molecule has 0 bridgehead atoms. The quantitative estimate of drug-likeness (QED) is 0.0273. The van der Waals surface area contributed by atoms with E-state index in [1.807, 2.05) is 27.2 Å². The summed E-state index contributed by atoms with van der Waals surface area (Å²) in [5.41, 5.74) is 0. The van der Waals surface area contributed by atoms with Gasteiger partial charge in [-0.2, -0.15) is 0 Å². The molecular formula is C53H105N2O6P. The van der Waals surface area contributed by atoms with Crippen LogP contribution in [0.2, 0.25) is 0 Å². The third-order valence-corrected chi connectivity index (χ3v) is 13.1. The van der Waals surface area contributed by atoms with Crippen LogP contribution in [0.25, 0.3) is 0 Å². The van der Waals surface area contributed by atoms with Gasteiger partial charge in [-0.15, -0.1) is 0 Å². The zero-order valence-electron chi connectivity index (χ0n) is 41.8. The molecule has 0 heterocycles. The Bertz CT molecular complexity index is 1060. The summed E-state index contributed by atoms with van der Waals surface area (Å²) < 4.78 is 23.2. The summed E-state index contributed by atoms with van der Waals surface area (Å²) in [5.74, 6) is -0.205. The van der Waals surface area contributed by atoms with E-state index < -0.39 is 20.0 Å². The number of hydrogen-bond acceptors (Lipinski definition) is 6. The number of hydrogen-bond donors (Lipinski definition) is 2. The minimum absolute atomic E-state index is 0.00440. The van der Waals surface area contributed by atoms with Gasteiger partial charge in [-0.1, -0.05) is 244 Å². The first-order valence-corrected chi connectivity index (χ1v) is 28.2. The maximum absolute atomic E-state index is 12.9. The fraction of sp³-hybridized carbons (Fsp3) is 0.906. The molecule has 0 aromatic rings. The molecule has 368 valence electrons. The molecule has 0 radical (unpaired) electrons. The van der Waals surface area contributed by atoms with Gasteiger partial charge in [-0.25, -0.2) is 0 Å². The largest absolute Gasteiger partial charge is 0.756 e. The molecule has 62 heavy (non-hydrogen) atoms. The van der Waals surface area contributed by atoms with Crippen molar-refractivity contribution in [2.45, 2.75) is 270 Å². The molecule has 3 unspecified atom stereocenters. The Balaban J connectivity index is 3.98. The summed E-state index contributed by atoms with van der Waals surface area (Å²) in [4.78, 5) is 25.3. The highest BCUT2D eigenvalue weighted by Gasteiger charge is 2.23. The number of unbranched alkanes of at least 4 members (excludes halogenated alkanes) is 34. The zero-order chi connectivity index (χ0) is 45.7. The average Bonchev–Trinajstić information content (AvgIpc) is 3.23. The molecule has 1 amide bonds. The van der Waals surface area contributed by atoms with E-state index in [1.165, 1.54) is 199 Å². The average molecular weight is 897 g/mol. The molecule has 0 aliphatic carbocycles. The molecule has 8 nitrogen and oxygen atoms in total. The Morgan fingerprint density at radius 3 is 1.31 bits per heavy atom. The lowest BCUT2D eigenvalue weighted by atomic mass is 10.0. The van der Waals surface area contributed by atoms with Gasteiger partial charge in [-0.3, -0.25) is 9.36 Å². The third-order valence-electron chi connectivity index (χ3n) is 12.2. The first-order chi connectivity index (χ1) is 30.0. The van der Waals surface area contributed by atoms with E-state index >= 15 is 0 Å². The first kappa shape index (κ1) is 61.0. The Morgan fingerprint density at radius 2 is 0.903 bits per heavy atom. The lowest BCUT2D eigenvalue weighted by molar-refractivity contribution is -0.870. The number of aliphatic hydroxyl groups is 1. The lowest BCUT2D eigenvalue weighted by Crippen LogP contribution is -2.45. The van der Waals surface area contributed by atoms with Crippen LogP contribution < -0.4 is 10.2 Å². The minimum atomic E-state index is -4.59. The second-order valence-corrected chi connectivity index (χ2v) is 21.0. The van der Waals surface area contributed by atoms with Crippen LogP contribution in [0.1, 0.15) is 258 Å². The molecule has 0 spiro atoms. The molecular weight excluding hydrogens is 792 g/mol. The number of rotatable bonds is 49. The summed E-state index contributed by atoms with van der Waals surface area (Å²) in [6.45, 7) is 4.61. The summed E-state index contributed by atoms with van der Waals surface area (Å²) in [6.07, 6.45) is 55.6. The van der Waals surface area contributed by atoms with Crippen molar-refractivity contribution < 1.29 is 32.9 Å². The lowest BCUT2D eigenvalue weighted by Gasteiger charge is -2.29. The first-order valence-electron chi connectivity index (χ1n) is 26.7. The molecule has 0 rings (SSSR count). The Morgan fingerprint density at radius 1 is 0.548 bits per heavy atom. The second kappa shape index (κ2) is 45.1. The van der Waals surface area contributed by atoms with Crippen molar-refractivity contribution in [1.82, 2.24) is 5.32 Å². The smallest absolute Gasteiger partial charge is 0.268 e. The van der Waals surface area contributed by atoms with Gasteiger partial charge < -0.3 is 28.8 Å². The van der Waals surface area contributed by atoms with Gasteiger partial charge in [0.1, 0.15) is 13.2 Å². The topological polar surface area (TPSA) is 108 Å². The number of allylic oxidation sites excluding steroid dienone is 3. The number of amides is 1. The standard InChI is InChI=1S/C53H105N2O6P/c1-6-8-10-12-14-16-18-19-20-21-22-23-24-25-26-27-28-29-30-31-32-33-34-35-36-37-39-41-43-45-47-53(57)54-51(50-61-62(58,59)60-49-48-55(3,4)5)52(56)46-44-42-40-38-17-15-13-11-9-7-2/h17,38,44,46,51-52,56H,6-16,18-37,39-43,45,47-50H2,1-5H3,(H-,54,57,58,59)/b38-17+,46-44+. The van der Waals surface area contributed by atoms with E-state index in [4.69, 9.17) is 9.05 Å². The predicted octanol–water partition coefficient (Wildman–Crippen LogP) is 15.0. The van der Waals surface area contributed by atoms with Gasteiger partial charge in [0.05, 0.1) is 39.9 Å². The van der Waals surface area contributed by atoms with E-state index in [0.29, 0.717) is 17.4 Å². The predicted molar refractivity (Wildman–Crippen MR) is 265 cm³/mol. The Kier molecular flexibility index (Phi) is 44.4. The van der Waals surface area contributed by atoms with E-state index in [-0.39, 0.29) is 19.1 Å². The summed E-state index contributed by atoms with van der Waals surface area (Å²) in [5, 5.41) is 13.7. The van der Waals surface area contributed by atoms with Crippen LogP contribution in [0.5, 0.6) is 0 Å². The number of phosphoric acid groups is 1. The highest BCUT2D eigenvalue weighted by atomic mass is 31.2.